The number of hydrogen-bond donors (Lipinski definition) is 3. The van der Waals surface area contributed by atoms with Gasteiger partial charge < -0.3 is 16.4 Å². The van der Waals surface area contributed by atoms with E-state index in [0.29, 0.717) is 12.2 Å². The molecule has 1 aliphatic carbocycles. The first kappa shape index (κ1) is 18.9. The lowest BCUT2D eigenvalue weighted by molar-refractivity contribution is -0.119. The molecular formula is C20H30N4O2. The van der Waals surface area contributed by atoms with Crippen LogP contribution in [-0.4, -0.2) is 42.4 Å². The molecule has 1 aromatic rings. The first-order valence-corrected chi connectivity index (χ1v) is 9.70. The second kappa shape index (κ2) is 8.64. The number of nitrogens with zero attached hydrogens (tertiary/aromatic N) is 1. The van der Waals surface area contributed by atoms with Crippen LogP contribution in [0.15, 0.2) is 18.2 Å². The van der Waals surface area contributed by atoms with Crippen molar-refractivity contribution in [3.63, 3.8) is 0 Å². The summed E-state index contributed by atoms with van der Waals surface area (Å²) in [6.07, 6.45) is 6.08. The third kappa shape index (κ3) is 5.05. The van der Waals surface area contributed by atoms with Crippen LogP contribution in [0.4, 0.5) is 11.4 Å². The predicted molar refractivity (Wildman–Crippen MR) is 104 cm³/mol. The van der Waals surface area contributed by atoms with E-state index in [2.05, 4.69) is 15.5 Å². The molecule has 0 bridgehead atoms. The van der Waals surface area contributed by atoms with Crippen LogP contribution in [0.5, 0.6) is 0 Å². The molecule has 2 unspecified atom stereocenters. The molecule has 1 aliphatic heterocycles. The number of rotatable bonds is 5. The lowest BCUT2D eigenvalue weighted by Crippen LogP contribution is -2.36. The first-order valence-electron chi connectivity index (χ1n) is 9.70. The Labute approximate surface area is 155 Å². The maximum atomic E-state index is 12.4. The van der Waals surface area contributed by atoms with Gasteiger partial charge in [0.1, 0.15) is 0 Å². The average molecular weight is 358 g/mol. The van der Waals surface area contributed by atoms with E-state index in [1.165, 1.54) is 19.3 Å². The van der Waals surface area contributed by atoms with Crippen LogP contribution in [0, 0.1) is 12.8 Å². The van der Waals surface area contributed by atoms with Gasteiger partial charge in [0.2, 0.25) is 11.8 Å². The Kier molecular flexibility index (Phi) is 6.27. The van der Waals surface area contributed by atoms with Crippen molar-refractivity contribution >= 4 is 23.2 Å². The van der Waals surface area contributed by atoms with Gasteiger partial charge in [0, 0.05) is 23.3 Å². The number of nitrogens with two attached hydrogens (primary N) is 1. The molecule has 0 aromatic heterocycles. The van der Waals surface area contributed by atoms with Crippen LogP contribution < -0.4 is 16.4 Å². The molecular weight excluding hydrogens is 328 g/mol. The lowest BCUT2D eigenvalue weighted by Gasteiger charge is -2.25. The Morgan fingerprint density at radius 3 is 2.62 bits per heavy atom. The minimum atomic E-state index is -0.0107. The first-order chi connectivity index (χ1) is 12.5. The maximum Gasteiger partial charge on any atom is 0.238 e. The molecule has 1 aromatic carbocycles. The number of nitrogens with one attached hydrogen (secondary N) is 2. The van der Waals surface area contributed by atoms with Crippen molar-refractivity contribution in [3.05, 3.63) is 23.8 Å². The highest BCUT2D eigenvalue weighted by Gasteiger charge is 2.27. The standard InChI is InChI=1S/C20H30N4O2/c1-14-5-8-17(22-20(26)15-6-7-16(21)11-15)12-18(14)23-19(25)13-24-9-3-2-4-10-24/h5,8,12,15-16H,2-4,6-7,9-11,13,21H2,1H3,(H,22,26)(H,23,25). The van der Waals surface area contributed by atoms with E-state index in [4.69, 9.17) is 5.73 Å². The Hall–Kier alpha value is -1.92. The van der Waals surface area contributed by atoms with Gasteiger partial charge in [-0.1, -0.05) is 12.5 Å². The molecule has 4 N–H and O–H groups in total. The second-order valence-corrected chi connectivity index (χ2v) is 7.67. The van der Waals surface area contributed by atoms with Crippen molar-refractivity contribution in [2.75, 3.05) is 30.3 Å². The minimum Gasteiger partial charge on any atom is -0.328 e. The van der Waals surface area contributed by atoms with E-state index in [0.717, 1.165) is 43.6 Å². The number of carbonyl (C=O) groups excluding carboxylic acids is 2. The van der Waals surface area contributed by atoms with Gasteiger partial charge >= 0.3 is 0 Å². The summed E-state index contributed by atoms with van der Waals surface area (Å²) in [4.78, 5) is 26.9. The number of likely N-dealkylation sites (tertiary alicyclic amines) is 1. The summed E-state index contributed by atoms with van der Waals surface area (Å²) >= 11 is 0. The molecule has 1 saturated carbocycles. The van der Waals surface area contributed by atoms with Gasteiger partial charge in [-0.2, -0.15) is 0 Å². The van der Waals surface area contributed by atoms with Crippen LogP contribution >= 0.6 is 0 Å². The van der Waals surface area contributed by atoms with Crippen molar-refractivity contribution < 1.29 is 9.59 Å². The zero-order valence-electron chi connectivity index (χ0n) is 15.6. The zero-order valence-corrected chi connectivity index (χ0v) is 15.6. The minimum absolute atomic E-state index is 0.000225. The largest absolute Gasteiger partial charge is 0.328 e. The van der Waals surface area contributed by atoms with Gasteiger partial charge in [-0.3, -0.25) is 14.5 Å². The second-order valence-electron chi connectivity index (χ2n) is 7.67. The van der Waals surface area contributed by atoms with E-state index in [1.807, 2.05) is 25.1 Å². The number of benzene rings is 1. The van der Waals surface area contributed by atoms with Crippen LogP contribution in [-0.2, 0) is 9.59 Å². The summed E-state index contributed by atoms with van der Waals surface area (Å²) in [6, 6.07) is 5.78. The van der Waals surface area contributed by atoms with E-state index < -0.39 is 0 Å². The molecule has 1 saturated heterocycles. The highest BCUT2D eigenvalue weighted by molar-refractivity contribution is 5.96. The monoisotopic (exact) mass is 358 g/mol. The molecule has 3 rings (SSSR count). The summed E-state index contributed by atoms with van der Waals surface area (Å²) in [7, 11) is 0. The van der Waals surface area contributed by atoms with E-state index in [9.17, 15) is 9.59 Å². The molecule has 2 amide bonds. The summed E-state index contributed by atoms with van der Waals surface area (Å²) in [5.41, 5.74) is 8.36. The van der Waals surface area contributed by atoms with Crippen LogP contribution in [0.25, 0.3) is 0 Å². The third-order valence-corrected chi connectivity index (χ3v) is 5.44. The SMILES string of the molecule is Cc1ccc(NC(=O)C2CCC(N)C2)cc1NC(=O)CN1CCCCC1. The number of hydrogen-bond acceptors (Lipinski definition) is 4. The Balaban J connectivity index is 1.58. The molecule has 0 radical (unpaired) electrons. The molecule has 2 fully saturated rings. The normalized spacial score (nSPS) is 23.6. The van der Waals surface area contributed by atoms with Gasteiger partial charge in [-0.05, 0) is 69.8 Å². The van der Waals surface area contributed by atoms with Crippen molar-refractivity contribution in [2.45, 2.75) is 51.5 Å². The average Bonchev–Trinajstić information content (AvgIpc) is 3.05. The molecule has 2 aliphatic rings. The van der Waals surface area contributed by atoms with Gasteiger partial charge in [-0.25, -0.2) is 0 Å². The fraction of sp³-hybridized carbons (Fsp3) is 0.600. The van der Waals surface area contributed by atoms with Gasteiger partial charge in [0.05, 0.1) is 6.54 Å². The van der Waals surface area contributed by atoms with Crippen molar-refractivity contribution in [1.29, 1.82) is 0 Å². The highest BCUT2D eigenvalue weighted by Crippen LogP contribution is 2.27. The fourth-order valence-corrected chi connectivity index (χ4v) is 3.84. The van der Waals surface area contributed by atoms with Crippen LogP contribution in [0.1, 0.15) is 44.1 Å². The van der Waals surface area contributed by atoms with Crippen LogP contribution in [0.2, 0.25) is 0 Å². The molecule has 142 valence electrons. The smallest absolute Gasteiger partial charge is 0.238 e. The highest BCUT2D eigenvalue weighted by atomic mass is 16.2. The number of piperidine rings is 1. The van der Waals surface area contributed by atoms with Gasteiger partial charge in [-0.15, -0.1) is 0 Å². The molecule has 6 heteroatoms. The number of amides is 2. The van der Waals surface area contributed by atoms with E-state index in [1.54, 1.807) is 0 Å². The zero-order chi connectivity index (χ0) is 18.5. The third-order valence-electron chi connectivity index (χ3n) is 5.44. The fourth-order valence-electron chi connectivity index (χ4n) is 3.84. The van der Waals surface area contributed by atoms with Crippen LogP contribution in [0.3, 0.4) is 0 Å². The summed E-state index contributed by atoms with van der Waals surface area (Å²) < 4.78 is 0. The van der Waals surface area contributed by atoms with E-state index >= 15 is 0 Å². The molecule has 1 heterocycles. The number of anilines is 2. The Morgan fingerprint density at radius 1 is 1.15 bits per heavy atom. The van der Waals surface area contributed by atoms with E-state index in [-0.39, 0.29) is 23.8 Å². The summed E-state index contributed by atoms with van der Waals surface area (Å²) in [6.45, 7) is 4.37. The quantitative estimate of drug-likeness (QED) is 0.755. The van der Waals surface area contributed by atoms with Crippen molar-refractivity contribution in [2.24, 2.45) is 11.7 Å². The Morgan fingerprint density at radius 2 is 1.92 bits per heavy atom. The molecule has 2 atom stereocenters. The number of aryl methyl sites for hydroxylation is 1. The summed E-state index contributed by atoms with van der Waals surface area (Å²) in [5, 5.41) is 5.97. The molecule has 6 nitrogen and oxygen atoms in total. The molecule has 26 heavy (non-hydrogen) atoms. The number of carbonyl (C=O) groups is 2. The summed E-state index contributed by atoms with van der Waals surface area (Å²) in [5.74, 6) is 0.0103. The Bertz CT molecular complexity index is 655. The predicted octanol–water partition coefficient (Wildman–Crippen LogP) is 2.49. The topological polar surface area (TPSA) is 87.5 Å². The van der Waals surface area contributed by atoms with Gasteiger partial charge in [0.25, 0.3) is 0 Å². The lowest BCUT2D eigenvalue weighted by atomic mass is 10.1. The van der Waals surface area contributed by atoms with Crippen molar-refractivity contribution in [3.8, 4) is 0 Å². The van der Waals surface area contributed by atoms with Gasteiger partial charge in [0.15, 0.2) is 0 Å². The van der Waals surface area contributed by atoms with Crippen molar-refractivity contribution in [1.82, 2.24) is 4.90 Å². The maximum absolute atomic E-state index is 12.4. The molecule has 0 spiro atoms.